The minimum Gasteiger partial charge on any atom is -0.393 e. The zero-order valence-electron chi connectivity index (χ0n) is 12.1. The lowest BCUT2D eigenvalue weighted by molar-refractivity contribution is 0.133. The van der Waals surface area contributed by atoms with Gasteiger partial charge in [-0.05, 0) is 64.1 Å². The fraction of sp³-hybridized carbons (Fsp3) is 0.647. The van der Waals surface area contributed by atoms with E-state index in [-0.39, 0.29) is 6.10 Å². The summed E-state index contributed by atoms with van der Waals surface area (Å²) in [4.78, 5) is 2.58. The van der Waals surface area contributed by atoms with Crippen molar-refractivity contribution in [3.05, 3.63) is 35.9 Å². The number of nitrogens with zero attached hydrogens (tertiary/aromatic N) is 1. The normalized spacial score (nSPS) is 21.7. The molecule has 1 aromatic carbocycles. The molecule has 1 heterocycles. The van der Waals surface area contributed by atoms with Crippen molar-refractivity contribution in [2.45, 2.75) is 57.6 Å². The molecule has 1 N–H and O–H groups in total. The van der Waals surface area contributed by atoms with Crippen molar-refractivity contribution in [1.29, 1.82) is 0 Å². The molecule has 0 saturated carbocycles. The van der Waals surface area contributed by atoms with Gasteiger partial charge in [0, 0.05) is 6.04 Å². The van der Waals surface area contributed by atoms with E-state index in [1.165, 1.54) is 50.8 Å². The number of likely N-dealkylation sites (tertiary alicyclic amines) is 1. The van der Waals surface area contributed by atoms with E-state index < -0.39 is 0 Å². The zero-order chi connectivity index (χ0) is 13.5. The van der Waals surface area contributed by atoms with E-state index >= 15 is 0 Å². The maximum Gasteiger partial charge on any atom is 0.0527 e. The first-order chi connectivity index (χ1) is 9.25. The summed E-state index contributed by atoms with van der Waals surface area (Å²) in [6, 6.07) is 11.4. The molecule has 2 nitrogen and oxygen atoms in total. The van der Waals surface area contributed by atoms with Gasteiger partial charge >= 0.3 is 0 Å². The third-order valence-electron chi connectivity index (χ3n) is 4.12. The van der Waals surface area contributed by atoms with Crippen LogP contribution in [0.25, 0.3) is 0 Å². The molecule has 0 spiro atoms. The third-order valence-corrected chi connectivity index (χ3v) is 4.12. The average molecular weight is 261 g/mol. The highest BCUT2D eigenvalue weighted by atomic mass is 16.3. The Labute approximate surface area is 117 Å². The Hall–Kier alpha value is -0.860. The van der Waals surface area contributed by atoms with E-state index in [4.69, 9.17) is 0 Å². The number of hydrogen-bond donors (Lipinski definition) is 1. The zero-order valence-corrected chi connectivity index (χ0v) is 12.1. The molecule has 1 fully saturated rings. The quantitative estimate of drug-likeness (QED) is 0.762. The summed E-state index contributed by atoms with van der Waals surface area (Å²) in [5, 5.41) is 9.52. The van der Waals surface area contributed by atoms with Gasteiger partial charge in [0.05, 0.1) is 6.10 Å². The van der Waals surface area contributed by atoms with Crippen LogP contribution in [0.4, 0.5) is 0 Å². The highest BCUT2D eigenvalue weighted by molar-refractivity contribution is 5.14. The summed E-state index contributed by atoms with van der Waals surface area (Å²) in [7, 11) is 0. The standard InChI is InChI=1S/C17H27NO/c1-15(19)14-17-11-7-13-18(17)12-6-5-10-16-8-3-2-4-9-16/h2-4,8-9,15,17,19H,5-7,10-14H2,1H3. The van der Waals surface area contributed by atoms with Gasteiger partial charge in [0.2, 0.25) is 0 Å². The second-order valence-electron chi connectivity index (χ2n) is 5.86. The van der Waals surface area contributed by atoms with Gasteiger partial charge in [0.25, 0.3) is 0 Å². The molecule has 2 atom stereocenters. The molecule has 2 unspecified atom stereocenters. The third kappa shape index (κ3) is 4.96. The summed E-state index contributed by atoms with van der Waals surface area (Å²) in [5.74, 6) is 0. The van der Waals surface area contributed by atoms with Crippen LogP contribution in [0.15, 0.2) is 30.3 Å². The molecule has 0 aliphatic carbocycles. The van der Waals surface area contributed by atoms with Gasteiger partial charge in [-0.1, -0.05) is 30.3 Å². The Morgan fingerprint density at radius 3 is 2.79 bits per heavy atom. The molecule has 1 aliphatic rings. The first-order valence-corrected chi connectivity index (χ1v) is 7.72. The van der Waals surface area contributed by atoms with Gasteiger partial charge in [0.15, 0.2) is 0 Å². The lowest BCUT2D eigenvalue weighted by Gasteiger charge is -2.25. The summed E-state index contributed by atoms with van der Waals surface area (Å²) < 4.78 is 0. The van der Waals surface area contributed by atoms with Gasteiger partial charge < -0.3 is 10.0 Å². The Morgan fingerprint density at radius 1 is 1.26 bits per heavy atom. The average Bonchev–Trinajstić information content (AvgIpc) is 2.82. The van der Waals surface area contributed by atoms with Crippen LogP contribution < -0.4 is 0 Å². The van der Waals surface area contributed by atoms with Crippen LogP contribution >= 0.6 is 0 Å². The molecule has 1 aliphatic heterocycles. The molecule has 106 valence electrons. The number of aryl methyl sites for hydroxylation is 1. The summed E-state index contributed by atoms with van der Waals surface area (Å²) in [5.41, 5.74) is 1.45. The number of rotatable bonds is 7. The monoisotopic (exact) mass is 261 g/mol. The lowest BCUT2D eigenvalue weighted by Crippen LogP contribution is -2.32. The number of aliphatic hydroxyl groups excluding tert-OH is 1. The summed E-state index contributed by atoms with van der Waals surface area (Å²) in [6.07, 6.45) is 7.08. The Balaban J connectivity index is 1.65. The van der Waals surface area contributed by atoms with Crippen LogP contribution in [0.5, 0.6) is 0 Å². The van der Waals surface area contributed by atoms with Crippen LogP contribution in [0.3, 0.4) is 0 Å². The first kappa shape index (κ1) is 14.5. The van der Waals surface area contributed by atoms with Crippen LogP contribution in [-0.4, -0.2) is 35.2 Å². The second-order valence-corrected chi connectivity index (χ2v) is 5.86. The lowest BCUT2D eigenvalue weighted by atomic mass is 10.1. The summed E-state index contributed by atoms with van der Waals surface area (Å²) in [6.45, 7) is 4.33. The van der Waals surface area contributed by atoms with Gasteiger partial charge in [-0.15, -0.1) is 0 Å². The Bertz CT molecular complexity index is 350. The van der Waals surface area contributed by atoms with Crippen molar-refractivity contribution in [2.75, 3.05) is 13.1 Å². The smallest absolute Gasteiger partial charge is 0.0527 e. The molecule has 2 heteroatoms. The topological polar surface area (TPSA) is 23.5 Å². The number of unbranched alkanes of at least 4 members (excludes halogenated alkanes) is 1. The number of aliphatic hydroxyl groups is 1. The van der Waals surface area contributed by atoms with Crippen molar-refractivity contribution >= 4 is 0 Å². The molecule has 0 bridgehead atoms. The van der Waals surface area contributed by atoms with E-state index in [1.54, 1.807) is 0 Å². The van der Waals surface area contributed by atoms with E-state index in [0.29, 0.717) is 6.04 Å². The van der Waals surface area contributed by atoms with Crippen molar-refractivity contribution < 1.29 is 5.11 Å². The largest absolute Gasteiger partial charge is 0.393 e. The SMILES string of the molecule is CC(O)CC1CCCN1CCCCc1ccccc1. The first-order valence-electron chi connectivity index (χ1n) is 7.72. The molecule has 0 amide bonds. The second kappa shape index (κ2) is 7.66. The Morgan fingerprint density at radius 2 is 2.05 bits per heavy atom. The summed E-state index contributed by atoms with van der Waals surface area (Å²) >= 11 is 0. The highest BCUT2D eigenvalue weighted by Crippen LogP contribution is 2.22. The van der Waals surface area contributed by atoms with Crippen molar-refractivity contribution in [2.24, 2.45) is 0 Å². The van der Waals surface area contributed by atoms with E-state index in [1.807, 2.05) is 6.92 Å². The van der Waals surface area contributed by atoms with Crippen molar-refractivity contribution in [3.8, 4) is 0 Å². The minimum absolute atomic E-state index is 0.157. The molecule has 1 aromatic rings. The van der Waals surface area contributed by atoms with E-state index in [2.05, 4.69) is 35.2 Å². The molecular formula is C17H27NO. The van der Waals surface area contributed by atoms with Crippen molar-refractivity contribution in [3.63, 3.8) is 0 Å². The van der Waals surface area contributed by atoms with Crippen LogP contribution in [0.2, 0.25) is 0 Å². The van der Waals surface area contributed by atoms with E-state index in [9.17, 15) is 5.11 Å². The van der Waals surface area contributed by atoms with Crippen LogP contribution in [-0.2, 0) is 6.42 Å². The minimum atomic E-state index is -0.157. The molecule has 0 aromatic heterocycles. The van der Waals surface area contributed by atoms with Crippen LogP contribution in [0, 0.1) is 0 Å². The maximum absolute atomic E-state index is 9.52. The van der Waals surface area contributed by atoms with Gasteiger partial charge in [-0.3, -0.25) is 0 Å². The van der Waals surface area contributed by atoms with Gasteiger partial charge in [0.1, 0.15) is 0 Å². The van der Waals surface area contributed by atoms with E-state index in [0.717, 1.165) is 6.42 Å². The molecular weight excluding hydrogens is 234 g/mol. The fourth-order valence-corrected chi connectivity index (χ4v) is 3.14. The van der Waals surface area contributed by atoms with Crippen molar-refractivity contribution in [1.82, 2.24) is 4.90 Å². The predicted molar refractivity (Wildman–Crippen MR) is 80.3 cm³/mol. The fourth-order valence-electron chi connectivity index (χ4n) is 3.14. The molecule has 0 radical (unpaired) electrons. The molecule has 19 heavy (non-hydrogen) atoms. The predicted octanol–water partition coefficient (Wildman–Crippen LogP) is 3.24. The highest BCUT2D eigenvalue weighted by Gasteiger charge is 2.24. The Kier molecular flexibility index (Phi) is 5.87. The number of benzene rings is 1. The van der Waals surface area contributed by atoms with Crippen LogP contribution in [0.1, 0.15) is 44.6 Å². The van der Waals surface area contributed by atoms with Gasteiger partial charge in [-0.25, -0.2) is 0 Å². The van der Waals surface area contributed by atoms with Gasteiger partial charge in [-0.2, -0.15) is 0 Å². The maximum atomic E-state index is 9.52. The molecule has 1 saturated heterocycles. The number of hydrogen-bond acceptors (Lipinski definition) is 2. The molecule has 2 rings (SSSR count).